The van der Waals surface area contributed by atoms with E-state index in [4.69, 9.17) is 14.2 Å². The van der Waals surface area contributed by atoms with E-state index in [1.165, 1.54) is 12.8 Å². The fraction of sp³-hybridized carbons (Fsp3) is 0.588. The first kappa shape index (κ1) is 17.4. The molecule has 6 heteroatoms. The van der Waals surface area contributed by atoms with Gasteiger partial charge < -0.3 is 24.8 Å². The molecule has 2 N–H and O–H groups in total. The van der Waals surface area contributed by atoms with Crippen LogP contribution in [0.3, 0.4) is 0 Å². The van der Waals surface area contributed by atoms with Crippen LogP contribution in [0.2, 0.25) is 0 Å². The maximum Gasteiger partial charge on any atom is 0.191 e. The molecule has 1 saturated carbocycles. The van der Waals surface area contributed by atoms with Gasteiger partial charge in [0.2, 0.25) is 0 Å². The molecule has 1 aliphatic rings. The van der Waals surface area contributed by atoms with Crippen LogP contribution in [0.25, 0.3) is 0 Å². The van der Waals surface area contributed by atoms with Crippen molar-refractivity contribution in [1.82, 2.24) is 10.6 Å². The fourth-order valence-corrected chi connectivity index (χ4v) is 2.01. The van der Waals surface area contributed by atoms with E-state index in [-0.39, 0.29) is 0 Å². The first-order valence-electron chi connectivity index (χ1n) is 8.11. The average Bonchev–Trinajstić information content (AvgIpc) is 3.41. The number of rotatable bonds is 10. The van der Waals surface area contributed by atoms with Gasteiger partial charge in [-0.2, -0.15) is 0 Å². The molecule has 0 atom stereocenters. The zero-order valence-electron chi connectivity index (χ0n) is 14.0. The van der Waals surface area contributed by atoms with Crippen molar-refractivity contribution in [3.8, 4) is 11.5 Å². The van der Waals surface area contributed by atoms with Gasteiger partial charge in [0, 0.05) is 20.2 Å². The molecule has 0 aromatic heterocycles. The summed E-state index contributed by atoms with van der Waals surface area (Å²) in [4.78, 5) is 4.17. The molecule has 1 aliphatic carbocycles. The van der Waals surface area contributed by atoms with Gasteiger partial charge in [0.15, 0.2) is 5.96 Å². The van der Waals surface area contributed by atoms with E-state index in [9.17, 15) is 0 Å². The molecule has 0 heterocycles. The highest BCUT2D eigenvalue weighted by molar-refractivity contribution is 5.79. The highest BCUT2D eigenvalue weighted by Crippen LogP contribution is 2.28. The summed E-state index contributed by atoms with van der Waals surface area (Å²) in [7, 11) is 3.40. The molecule has 2 rings (SSSR count). The lowest BCUT2D eigenvalue weighted by molar-refractivity contribution is 0.129. The van der Waals surface area contributed by atoms with Crippen LogP contribution in [0.4, 0.5) is 0 Å². The van der Waals surface area contributed by atoms with E-state index in [2.05, 4.69) is 15.6 Å². The van der Waals surface area contributed by atoms with Crippen molar-refractivity contribution in [2.24, 2.45) is 10.9 Å². The minimum absolute atomic E-state index is 0.561. The lowest BCUT2D eigenvalue weighted by Crippen LogP contribution is -2.40. The number of ether oxygens (including phenoxy) is 3. The molecule has 6 nitrogen and oxygen atoms in total. The molecule has 23 heavy (non-hydrogen) atoms. The molecule has 0 amide bonds. The Morgan fingerprint density at radius 3 is 2.35 bits per heavy atom. The minimum Gasteiger partial charge on any atom is -0.497 e. The molecule has 1 aromatic carbocycles. The molecule has 1 fully saturated rings. The molecule has 0 saturated heterocycles. The number of aliphatic imine (C=N–C) groups is 1. The Morgan fingerprint density at radius 1 is 1.09 bits per heavy atom. The van der Waals surface area contributed by atoms with Crippen LogP contribution in [-0.2, 0) is 4.74 Å². The largest absolute Gasteiger partial charge is 0.497 e. The zero-order valence-corrected chi connectivity index (χ0v) is 14.0. The van der Waals surface area contributed by atoms with E-state index in [0.29, 0.717) is 19.8 Å². The summed E-state index contributed by atoms with van der Waals surface area (Å²) < 4.78 is 16.3. The van der Waals surface area contributed by atoms with Gasteiger partial charge in [-0.3, -0.25) is 4.99 Å². The average molecular weight is 321 g/mol. The molecule has 0 aliphatic heterocycles. The first-order chi connectivity index (χ1) is 11.3. The van der Waals surface area contributed by atoms with Crippen LogP contribution in [0.1, 0.15) is 12.8 Å². The van der Waals surface area contributed by atoms with Crippen LogP contribution in [0.5, 0.6) is 11.5 Å². The van der Waals surface area contributed by atoms with Gasteiger partial charge in [0.25, 0.3) is 0 Å². The summed E-state index contributed by atoms with van der Waals surface area (Å²) in [5.74, 6) is 3.22. The summed E-state index contributed by atoms with van der Waals surface area (Å²) >= 11 is 0. The van der Waals surface area contributed by atoms with Gasteiger partial charge in [-0.25, -0.2) is 0 Å². The Bertz CT molecular complexity index is 472. The monoisotopic (exact) mass is 321 g/mol. The molecule has 0 unspecified atom stereocenters. The predicted octanol–water partition coefficient (Wildman–Crippen LogP) is 1.67. The summed E-state index contributed by atoms with van der Waals surface area (Å²) in [5.41, 5.74) is 0. The van der Waals surface area contributed by atoms with Crippen molar-refractivity contribution < 1.29 is 14.2 Å². The van der Waals surface area contributed by atoms with Crippen LogP contribution >= 0.6 is 0 Å². The normalized spacial score (nSPS) is 14.4. The Morgan fingerprint density at radius 2 is 1.74 bits per heavy atom. The second-order valence-electron chi connectivity index (χ2n) is 5.47. The third-order valence-electron chi connectivity index (χ3n) is 3.54. The Hall–Kier alpha value is -1.95. The van der Waals surface area contributed by atoms with E-state index in [1.54, 1.807) is 14.2 Å². The molecule has 0 radical (unpaired) electrons. The van der Waals surface area contributed by atoms with Gasteiger partial charge in [-0.05, 0) is 43.0 Å². The predicted molar refractivity (Wildman–Crippen MR) is 91.4 cm³/mol. The Labute approximate surface area is 138 Å². The second-order valence-corrected chi connectivity index (χ2v) is 5.47. The van der Waals surface area contributed by atoms with Gasteiger partial charge in [-0.15, -0.1) is 0 Å². The minimum atomic E-state index is 0.561. The SMILES string of the molecule is CN=C(NCCOCC1CC1)NCCOc1ccc(OC)cc1. The standard InChI is InChI=1S/C17H27N3O3/c1-18-17(19-9-11-22-13-14-3-4-14)20-10-12-23-16-7-5-15(21-2)6-8-16/h5-8,14H,3-4,9-13H2,1-2H3,(H2,18,19,20). The van der Waals surface area contributed by atoms with Crippen molar-refractivity contribution in [2.45, 2.75) is 12.8 Å². The van der Waals surface area contributed by atoms with Crippen molar-refractivity contribution in [3.05, 3.63) is 24.3 Å². The number of nitrogens with zero attached hydrogens (tertiary/aromatic N) is 1. The fourth-order valence-electron chi connectivity index (χ4n) is 2.01. The van der Waals surface area contributed by atoms with Crippen LogP contribution < -0.4 is 20.1 Å². The van der Waals surface area contributed by atoms with E-state index < -0.39 is 0 Å². The summed E-state index contributed by atoms with van der Waals surface area (Å²) in [6.07, 6.45) is 2.65. The van der Waals surface area contributed by atoms with E-state index in [0.717, 1.165) is 36.5 Å². The molecular weight excluding hydrogens is 294 g/mol. The molecule has 128 valence electrons. The van der Waals surface area contributed by atoms with Crippen molar-refractivity contribution in [2.75, 3.05) is 47.1 Å². The lowest BCUT2D eigenvalue weighted by atomic mass is 10.3. The second kappa shape index (κ2) is 9.94. The number of methoxy groups -OCH3 is 1. The Balaban J connectivity index is 1.52. The lowest BCUT2D eigenvalue weighted by Gasteiger charge is -2.12. The van der Waals surface area contributed by atoms with Crippen LogP contribution in [-0.4, -0.2) is 53.0 Å². The summed E-state index contributed by atoms with van der Waals surface area (Å²) in [5, 5.41) is 6.43. The third-order valence-corrected chi connectivity index (χ3v) is 3.54. The smallest absolute Gasteiger partial charge is 0.191 e. The van der Waals surface area contributed by atoms with E-state index >= 15 is 0 Å². The van der Waals surface area contributed by atoms with Crippen molar-refractivity contribution in [1.29, 1.82) is 0 Å². The van der Waals surface area contributed by atoms with Gasteiger partial charge in [0.05, 0.1) is 20.3 Å². The summed E-state index contributed by atoms with van der Waals surface area (Å²) in [6, 6.07) is 7.54. The summed E-state index contributed by atoms with van der Waals surface area (Å²) in [6.45, 7) is 3.59. The van der Waals surface area contributed by atoms with Crippen LogP contribution in [0, 0.1) is 5.92 Å². The zero-order chi connectivity index (χ0) is 16.3. The number of nitrogens with one attached hydrogen (secondary N) is 2. The van der Waals surface area contributed by atoms with Crippen molar-refractivity contribution >= 4 is 5.96 Å². The van der Waals surface area contributed by atoms with E-state index in [1.807, 2.05) is 24.3 Å². The third kappa shape index (κ3) is 7.23. The van der Waals surface area contributed by atoms with Crippen molar-refractivity contribution in [3.63, 3.8) is 0 Å². The number of guanidine groups is 1. The number of hydrogen-bond donors (Lipinski definition) is 2. The molecule has 0 bridgehead atoms. The highest BCUT2D eigenvalue weighted by atomic mass is 16.5. The molecule has 0 spiro atoms. The molecule has 1 aromatic rings. The maximum absolute atomic E-state index is 5.65. The first-order valence-corrected chi connectivity index (χ1v) is 8.11. The quantitative estimate of drug-likeness (QED) is 0.390. The number of hydrogen-bond acceptors (Lipinski definition) is 4. The van der Waals surface area contributed by atoms with Gasteiger partial charge in [-0.1, -0.05) is 0 Å². The molecular formula is C17H27N3O3. The topological polar surface area (TPSA) is 64.1 Å². The van der Waals surface area contributed by atoms with Gasteiger partial charge in [0.1, 0.15) is 18.1 Å². The van der Waals surface area contributed by atoms with Crippen LogP contribution in [0.15, 0.2) is 29.3 Å². The number of benzene rings is 1. The maximum atomic E-state index is 5.65. The van der Waals surface area contributed by atoms with Gasteiger partial charge >= 0.3 is 0 Å². The highest BCUT2D eigenvalue weighted by Gasteiger charge is 2.20. The Kier molecular flexibility index (Phi) is 7.52.